The van der Waals surface area contributed by atoms with E-state index >= 15 is 0 Å². The average Bonchev–Trinajstić information content (AvgIpc) is 3.45. The summed E-state index contributed by atoms with van der Waals surface area (Å²) in [5.74, 6) is -1.50. The molecule has 9 heteroatoms. The molecule has 0 spiro atoms. The lowest BCUT2D eigenvalue weighted by molar-refractivity contribution is -0.158. The molecule has 1 aliphatic carbocycles. The largest absolute Gasteiger partial charge is 0.330 e. The van der Waals surface area contributed by atoms with Crippen molar-refractivity contribution in [1.29, 1.82) is 0 Å². The van der Waals surface area contributed by atoms with Gasteiger partial charge >= 0.3 is 0 Å². The molecular weight excluding hydrogens is 388 g/mol. The van der Waals surface area contributed by atoms with E-state index in [4.69, 9.17) is 0 Å². The number of carbonyl (C=O) groups excluding carboxylic acids is 4. The number of nitrogens with one attached hydrogen (secondary N) is 1. The van der Waals surface area contributed by atoms with Gasteiger partial charge in [0.1, 0.15) is 6.04 Å². The normalized spacial score (nSPS) is 20.0. The predicted molar refractivity (Wildman–Crippen MR) is 106 cm³/mol. The maximum Gasteiger partial charge on any atom is 0.258 e. The van der Waals surface area contributed by atoms with Gasteiger partial charge in [0.2, 0.25) is 18.2 Å². The fourth-order valence-corrected chi connectivity index (χ4v) is 4.48. The number of hydrogen-bond acceptors (Lipinski definition) is 6. The summed E-state index contributed by atoms with van der Waals surface area (Å²) in [6, 6.07) is 2.28. The van der Waals surface area contributed by atoms with E-state index < -0.39 is 23.8 Å². The minimum absolute atomic E-state index is 0.0976. The number of likely N-dealkylation sites (tertiary alicyclic amines) is 1. The van der Waals surface area contributed by atoms with Crippen LogP contribution in [0.2, 0.25) is 0 Å². The Labute approximate surface area is 175 Å². The molecule has 2 aliphatic rings. The third-order valence-corrected chi connectivity index (χ3v) is 5.99. The van der Waals surface area contributed by atoms with Crippen LogP contribution in [0.3, 0.4) is 0 Å². The van der Waals surface area contributed by atoms with Gasteiger partial charge in [-0.2, -0.15) is 0 Å². The predicted octanol–water partition coefficient (Wildman–Crippen LogP) is 1.37. The Bertz CT molecular complexity index is 766. The second-order valence-corrected chi connectivity index (χ2v) is 8.05. The van der Waals surface area contributed by atoms with Gasteiger partial charge in [0, 0.05) is 24.5 Å². The number of imide groups is 1. The first kappa shape index (κ1) is 21.9. The van der Waals surface area contributed by atoms with Crippen LogP contribution < -0.4 is 5.32 Å². The molecular formula is C21H28N4O5. The van der Waals surface area contributed by atoms with Gasteiger partial charge in [-0.1, -0.05) is 25.7 Å². The van der Waals surface area contributed by atoms with E-state index in [1.54, 1.807) is 0 Å². The van der Waals surface area contributed by atoms with Crippen LogP contribution in [0.25, 0.3) is 0 Å². The molecule has 0 radical (unpaired) electrons. The zero-order chi connectivity index (χ0) is 21.5. The van der Waals surface area contributed by atoms with Crippen LogP contribution >= 0.6 is 0 Å². The monoisotopic (exact) mass is 416 g/mol. The van der Waals surface area contributed by atoms with Crippen LogP contribution in [-0.2, 0) is 14.4 Å². The third-order valence-electron chi connectivity index (χ3n) is 5.99. The summed E-state index contributed by atoms with van der Waals surface area (Å²) in [6.45, 7) is 0.313. The van der Waals surface area contributed by atoms with Crippen molar-refractivity contribution in [3.8, 4) is 0 Å². The summed E-state index contributed by atoms with van der Waals surface area (Å²) >= 11 is 0. The van der Waals surface area contributed by atoms with Gasteiger partial charge in [-0.15, -0.1) is 0 Å². The lowest BCUT2D eigenvalue weighted by Gasteiger charge is -2.30. The first-order valence-corrected chi connectivity index (χ1v) is 10.5. The van der Waals surface area contributed by atoms with Gasteiger partial charge in [-0.3, -0.25) is 34.7 Å². The van der Waals surface area contributed by atoms with Gasteiger partial charge in [-0.05, 0) is 37.3 Å². The van der Waals surface area contributed by atoms with Crippen molar-refractivity contribution < 1.29 is 24.4 Å². The Morgan fingerprint density at radius 3 is 2.57 bits per heavy atom. The average molecular weight is 416 g/mol. The minimum atomic E-state index is -0.738. The molecule has 0 aromatic carbocycles. The van der Waals surface area contributed by atoms with Crippen LogP contribution in [0.4, 0.5) is 0 Å². The number of nitrogens with zero attached hydrogens (tertiary/aromatic N) is 3. The Kier molecular flexibility index (Phi) is 7.51. The topological polar surface area (TPSA) is 120 Å². The van der Waals surface area contributed by atoms with Crippen molar-refractivity contribution in [2.45, 2.75) is 51.0 Å². The Balaban J connectivity index is 1.67. The molecule has 1 aromatic rings. The smallest absolute Gasteiger partial charge is 0.258 e. The SMILES string of the molecule is O=CN(O)C[C@@H](CC1CCCC1)C(=O)N1CCC[C@@H]1C(=O)NC(=O)c1ccncc1. The fourth-order valence-electron chi connectivity index (χ4n) is 4.48. The molecule has 9 nitrogen and oxygen atoms in total. The number of carbonyl (C=O) groups is 4. The molecule has 3 rings (SSSR count). The molecule has 4 amide bonds. The number of rotatable bonds is 8. The van der Waals surface area contributed by atoms with Crippen LogP contribution in [0.1, 0.15) is 55.3 Å². The second-order valence-electron chi connectivity index (χ2n) is 8.05. The molecule has 2 N–H and O–H groups in total. The van der Waals surface area contributed by atoms with E-state index in [9.17, 15) is 24.4 Å². The van der Waals surface area contributed by atoms with Crippen LogP contribution in [0.5, 0.6) is 0 Å². The Hall–Kier alpha value is -2.81. The first-order chi connectivity index (χ1) is 14.5. The molecule has 162 valence electrons. The second kappa shape index (κ2) is 10.3. The zero-order valence-electron chi connectivity index (χ0n) is 16.9. The van der Waals surface area contributed by atoms with E-state index in [0.29, 0.717) is 42.4 Å². The van der Waals surface area contributed by atoms with Crippen LogP contribution in [0.15, 0.2) is 24.5 Å². The van der Waals surface area contributed by atoms with Crippen molar-refractivity contribution >= 4 is 24.1 Å². The third kappa shape index (κ3) is 5.41. The number of aromatic nitrogens is 1. The standard InChI is InChI=1S/C21H28N4O5/c26-14-24(30)13-17(12-15-4-1-2-5-15)21(29)25-11-3-6-18(25)20(28)23-19(27)16-7-9-22-10-8-16/h7-10,14-15,17-18,30H,1-6,11-13H2,(H,23,27,28)/t17-,18-/m1/s1. The highest BCUT2D eigenvalue weighted by Crippen LogP contribution is 2.32. The molecule has 1 saturated heterocycles. The maximum absolute atomic E-state index is 13.3. The highest BCUT2D eigenvalue weighted by molar-refractivity contribution is 6.06. The van der Waals surface area contributed by atoms with Crippen LogP contribution in [-0.4, -0.2) is 63.4 Å². The van der Waals surface area contributed by atoms with Crippen molar-refractivity contribution in [1.82, 2.24) is 20.3 Å². The molecule has 1 saturated carbocycles. The summed E-state index contributed by atoms with van der Waals surface area (Å²) in [6.07, 6.45) is 9.20. The van der Waals surface area contributed by atoms with Gasteiger partial charge in [-0.25, -0.2) is 5.06 Å². The zero-order valence-corrected chi connectivity index (χ0v) is 16.9. The molecule has 0 unspecified atom stereocenters. The van der Waals surface area contributed by atoms with Crippen molar-refractivity contribution in [2.75, 3.05) is 13.1 Å². The van der Waals surface area contributed by atoms with Gasteiger partial charge < -0.3 is 4.90 Å². The molecule has 2 heterocycles. The molecule has 30 heavy (non-hydrogen) atoms. The highest BCUT2D eigenvalue weighted by atomic mass is 16.5. The summed E-state index contributed by atoms with van der Waals surface area (Å²) in [4.78, 5) is 54.5. The first-order valence-electron chi connectivity index (χ1n) is 10.5. The molecule has 0 bridgehead atoms. The van der Waals surface area contributed by atoms with Gasteiger partial charge in [0.05, 0.1) is 12.5 Å². The summed E-state index contributed by atoms with van der Waals surface area (Å²) < 4.78 is 0. The molecule has 2 atom stereocenters. The van der Waals surface area contributed by atoms with Crippen molar-refractivity contribution in [3.63, 3.8) is 0 Å². The van der Waals surface area contributed by atoms with E-state index in [1.165, 1.54) is 29.4 Å². The maximum atomic E-state index is 13.3. The van der Waals surface area contributed by atoms with E-state index in [1.807, 2.05) is 0 Å². The summed E-state index contributed by atoms with van der Waals surface area (Å²) in [5, 5.41) is 12.5. The summed E-state index contributed by atoms with van der Waals surface area (Å²) in [7, 11) is 0. The van der Waals surface area contributed by atoms with Crippen molar-refractivity contribution in [3.05, 3.63) is 30.1 Å². The minimum Gasteiger partial charge on any atom is -0.330 e. The van der Waals surface area contributed by atoms with Gasteiger partial charge in [0.25, 0.3) is 5.91 Å². The quantitative estimate of drug-likeness (QED) is 0.286. The van der Waals surface area contributed by atoms with Crippen LogP contribution in [0, 0.1) is 11.8 Å². The fraction of sp³-hybridized carbons (Fsp3) is 0.571. The van der Waals surface area contributed by atoms with Gasteiger partial charge in [0.15, 0.2) is 0 Å². The van der Waals surface area contributed by atoms with E-state index in [-0.39, 0.29) is 18.9 Å². The van der Waals surface area contributed by atoms with Crippen molar-refractivity contribution in [2.24, 2.45) is 11.8 Å². The van der Waals surface area contributed by atoms with E-state index in [2.05, 4.69) is 10.3 Å². The molecule has 1 aromatic heterocycles. The summed E-state index contributed by atoms with van der Waals surface area (Å²) in [5.41, 5.74) is 0.315. The number of hydroxylamine groups is 2. The Morgan fingerprint density at radius 1 is 1.20 bits per heavy atom. The number of hydrogen-bond donors (Lipinski definition) is 2. The highest BCUT2D eigenvalue weighted by Gasteiger charge is 2.39. The number of pyridine rings is 1. The Morgan fingerprint density at radius 2 is 1.90 bits per heavy atom. The van der Waals surface area contributed by atoms with E-state index in [0.717, 1.165) is 25.7 Å². The molecule has 1 aliphatic heterocycles. The lowest BCUT2D eigenvalue weighted by Crippen LogP contribution is -2.50. The molecule has 2 fully saturated rings. The lowest BCUT2D eigenvalue weighted by atomic mass is 9.91. The number of amides is 4.